The van der Waals surface area contributed by atoms with Gasteiger partial charge in [-0.2, -0.15) is 0 Å². The van der Waals surface area contributed by atoms with Crippen LogP contribution in [0.15, 0.2) is 59.5 Å². The minimum absolute atomic E-state index is 0.437. The monoisotopic (exact) mass is 295 g/mol. The molecule has 0 saturated carbocycles. The highest BCUT2D eigenvalue weighted by Gasteiger charge is 2.05. The van der Waals surface area contributed by atoms with E-state index in [1.54, 1.807) is 6.26 Å². The van der Waals surface area contributed by atoms with Crippen molar-refractivity contribution in [1.82, 2.24) is 14.9 Å². The van der Waals surface area contributed by atoms with E-state index in [9.17, 15) is 0 Å². The van der Waals surface area contributed by atoms with Gasteiger partial charge in [0.1, 0.15) is 11.6 Å². The van der Waals surface area contributed by atoms with Crippen molar-refractivity contribution in [3.05, 3.63) is 66.4 Å². The Bertz CT molecular complexity index is 696. The summed E-state index contributed by atoms with van der Waals surface area (Å²) >= 11 is 0. The quantitative estimate of drug-likeness (QED) is 0.747. The summed E-state index contributed by atoms with van der Waals surface area (Å²) in [6.45, 7) is 5.92. The van der Waals surface area contributed by atoms with Crippen molar-refractivity contribution in [1.29, 1.82) is 0 Å². The predicted octanol–water partition coefficient (Wildman–Crippen LogP) is 4.01. The molecule has 3 rings (SSSR count). The number of benzene rings is 1. The highest BCUT2D eigenvalue weighted by Crippen LogP contribution is 2.20. The molecule has 2 aromatic heterocycles. The van der Waals surface area contributed by atoms with E-state index in [-0.39, 0.29) is 0 Å². The van der Waals surface area contributed by atoms with Crippen molar-refractivity contribution in [3.8, 4) is 11.3 Å². The predicted molar refractivity (Wildman–Crippen MR) is 87.3 cm³/mol. The number of hydrogen-bond acceptors (Lipinski definition) is 3. The first-order chi connectivity index (χ1) is 10.7. The van der Waals surface area contributed by atoms with Gasteiger partial charge in [0.2, 0.25) is 0 Å². The molecule has 0 aliphatic heterocycles. The van der Waals surface area contributed by atoms with E-state index in [4.69, 9.17) is 4.42 Å². The Morgan fingerprint density at radius 2 is 1.95 bits per heavy atom. The largest absolute Gasteiger partial charge is 0.464 e. The standard InChI is InChI=1S/C18H21N3O/c1-14(2)21-10-9-20-18(21)13-19-12-15-5-7-16(8-6-15)17-4-3-11-22-17/h3-11,14,19H,12-13H2,1-2H3. The summed E-state index contributed by atoms with van der Waals surface area (Å²) in [4.78, 5) is 4.40. The average molecular weight is 295 g/mol. The molecule has 22 heavy (non-hydrogen) atoms. The van der Waals surface area contributed by atoms with Gasteiger partial charge >= 0.3 is 0 Å². The van der Waals surface area contributed by atoms with Crippen molar-refractivity contribution in [2.24, 2.45) is 0 Å². The summed E-state index contributed by atoms with van der Waals surface area (Å²) in [5, 5.41) is 3.45. The Hall–Kier alpha value is -2.33. The maximum atomic E-state index is 5.40. The van der Waals surface area contributed by atoms with Gasteiger partial charge in [-0.25, -0.2) is 4.98 Å². The number of rotatable bonds is 6. The lowest BCUT2D eigenvalue weighted by Gasteiger charge is -2.12. The number of nitrogens with zero attached hydrogens (tertiary/aromatic N) is 2. The molecule has 0 aliphatic rings. The number of hydrogen-bond donors (Lipinski definition) is 1. The SMILES string of the molecule is CC(C)n1ccnc1CNCc1ccc(-c2ccco2)cc1. The van der Waals surface area contributed by atoms with Crippen LogP contribution < -0.4 is 5.32 Å². The Labute approximate surface area is 130 Å². The molecule has 3 aromatic rings. The number of furan rings is 1. The smallest absolute Gasteiger partial charge is 0.133 e. The molecule has 0 unspecified atom stereocenters. The summed E-state index contributed by atoms with van der Waals surface area (Å²) in [6.07, 6.45) is 5.58. The van der Waals surface area contributed by atoms with Crippen LogP contribution in [0.3, 0.4) is 0 Å². The third-order valence-corrected chi connectivity index (χ3v) is 3.68. The Kier molecular flexibility index (Phi) is 4.39. The normalized spacial score (nSPS) is 11.2. The summed E-state index contributed by atoms with van der Waals surface area (Å²) in [6, 6.07) is 12.7. The fourth-order valence-electron chi connectivity index (χ4n) is 2.50. The lowest BCUT2D eigenvalue weighted by molar-refractivity contribution is 0.541. The zero-order valence-corrected chi connectivity index (χ0v) is 13.0. The molecule has 114 valence electrons. The maximum absolute atomic E-state index is 5.40. The minimum Gasteiger partial charge on any atom is -0.464 e. The first kappa shape index (κ1) is 14.6. The molecule has 0 radical (unpaired) electrons. The van der Waals surface area contributed by atoms with Crippen LogP contribution in [0.4, 0.5) is 0 Å². The zero-order valence-electron chi connectivity index (χ0n) is 13.0. The van der Waals surface area contributed by atoms with Gasteiger partial charge in [-0.15, -0.1) is 0 Å². The van der Waals surface area contributed by atoms with Gasteiger partial charge in [0.25, 0.3) is 0 Å². The molecule has 0 fully saturated rings. The summed E-state index contributed by atoms with van der Waals surface area (Å²) in [5.74, 6) is 1.97. The molecular formula is C18H21N3O. The van der Waals surface area contributed by atoms with Gasteiger partial charge in [0, 0.05) is 30.5 Å². The van der Waals surface area contributed by atoms with Crippen LogP contribution in [-0.4, -0.2) is 9.55 Å². The summed E-state index contributed by atoms with van der Waals surface area (Å²) in [7, 11) is 0. The van der Waals surface area contributed by atoms with Gasteiger partial charge in [-0.05, 0) is 31.5 Å². The fourth-order valence-corrected chi connectivity index (χ4v) is 2.50. The Morgan fingerprint density at radius 3 is 2.64 bits per heavy atom. The van der Waals surface area contributed by atoms with Crippen molar-refractivity contribution >= 4 is 0 Å². The highest BCUT2D eigenvalue weighted by molar-refractivity contribution is 5.57. The van der Waals surface area contributed by atoms with Crippen molar-refractivity contribution < 1.29 is 4.42 Å². The first-order valence-corrected chi connectivity index (χ1v) is 7.59. The van der Waals surface area contributed by atoms with E-state index in [1.165, 1.54) is 5.56 Å². The van der Waals surface area contributed by atoms with Gasteiger partial charge in [0.05, 0.1) is 12.8 Å². The second-order valence-electron chi connectivity index (χ2n) is 5.62. The van der Waals surface area contributed by atoms with Crippen LogP contribution in [0.5, 0.6) is 0 Å². The van der Waals surface area contributed by atoms with Crippen LogP contribution in [0, 0.1) is 0 Å². The maximum Gasteiger partial charge on any atom is 0.133 e. The van der Waals surface area contributed by atoms with E-state index < -0.39 is 0 Å². The van der Waals surface area contributed by atoms with E-state index >= 15 is 0 Å². The molecular weight excluding hydrogens is 274 g/mol. The van der Waals surface area contributed by atoms with Crippen LogP contribution in [-0.2, 0) is 13.1 Å². The molecule has 0 spiro atoms. The van der Waals surface area contributed by atoms with E-state index in [0.717, 1.165) is 30.2 Å². The van der Waals surface area contributed by atoms with E-state index in [0.29, 0.717) is 6.04 Å². The van der Waals surface area contributed by atoms with Crippen molar-refractivity contribution in [2.75, 3.05) is 0 Å². The van der Waals surface area contributed by atoms with Crippen LogP contribution in [0.1, 0.15) is 31.3 Å². The third kappa shape index (κ3) is 3.28. The second-order valence-corrected chi connectivity index (χ2v) is 5.62. The third-order valence-electron chi connectivity index (χ3n) is 3.68. The summed E-state index contributed by atoms with van der Waals surface area (Å²) in [5.41, 5.74) is 2.35. The number of nitrogens with one attached hydrogen (secondary N) is 1. The highest BCUT2D eigenvalue weighted by atomic mass is 16.3. The van der Waals surface area contributed by atoms with E-state index in [2.05, 4.69) is 53.0 Å². The average Bonchev–Trinajstić information content (AvgIpc) is 3.19. The molecule has 0 amide bonds. The van der Waals surface area contributed by atoms with Crippen LogP contribution in [0.2, 0.25) is 0 Å². The topological polar surface area (TPSA) is 43.0 Å². The van der Waals surface area contributed by atoms with E-state index in [1.807, 2.05) is 24.5 Å². The molecule has 0 aliphatic carbocycles. The lowest BCUT2D eigenvalue weighted by Crippen LogP contribution is -2.17. The second kappa shape index (κ2) is 6.62. The first-order valence-electron chi connectivity index (χ1n) is 7.59. The number of imidazole rings is 1. The van der Waals surface area contributed by atoms with Crippen molar-refractivity contribution in [2.45, 2.75) is 33.0 Å². The van der Waals surface area contributed by atoms with Gasteiger partial charge in [-0.1, -0.05) is 24.3 Å². The molecule has 0 bridgehead atoms. The van der Waals surface area contributed by atoms with Gasteiger partial charge < -0.3 is 14.3 Å². The minimum atomic E-state index is 0.437. The molecule has 4 heteroatoms. The van der Waals surface area contributed by atoms with Crippen molar-refractivity contribution in [3.63, 3.8) is 0 Å². The molecule has 1 N–H and O–H groups in total. The molecule has 2 heterocycles. The lowest BCUT2D eigenvalue weighted by atomic mass is 10.1. The summed E-state index contributed by atoms with van der Waals surface area (Å²) < 4.78 is 7.59. The Balaban J connectivity index is 1.57. The number of aromatic nitrogens is 2. The van der Waals surface area contributed by atoms with Crippen LogP contribution >= 0.6 is 0 Å². The fraction of sp³-hybridized carbons (Fsp3) is 0.278. The van der Waals surface area contributed by atoms with Gasteiger partial charge in [-0.3, -0.25) is 0 Å². The zero-order chi connectivity index (χ0) is 15.4. The molecule has 0 saturated heterocycles. The molecule has 4 nitrogen and oxygen atoms in total. The Morgan fingerprint density at radius 1 is 1.14 bits per heavy atom. The molecule has 0 atom stereocenters. The van der Waals surface area contributed by atoms with Crippen LogP contribution in [0.25, 0.3) is 11.3 Å². The van der Waals surface area contributed by atoms with Gasteiger partial charge in [0.15, 0.2) is 0 Å². The molecule has 1 aromatic carbocycles.